The number of rotatable bonds is 8. The van der Waals surface area contributed by atoms with Gasteiger partial charge in [0.15, 0.2) is 0 Å². The predicted octanol–water partition coefficient (Wildman–Crippen LogP) is 1.53. The Balaban J connectivity index is 2.61. The van der Waals surface area contributed by atoms with Crippen molar-refractivity contribution in [1.29, 1.82) is 0 Å². The second-order valence-corrected chi connectivity index (χ2v) is 5.91. The van der Waals surface area contributed by atoms with E-state index in [9.17, 15) is 8.42 Å². The molecular formula is C13H22N2O2S. The molecule has 0 heterocycles. The highest BCUT2D eigenvalue weighted by molar-refractivity contribution is 7.89. The van der Waals surface area contributed by atoms with Crippen molar-refractivity contribution in [3.8, 4) is 0 Å². The number of hydrogen-bond donors (Lipinski definition) is 2. The van der Waals surface area contributed by atoms with Gasteiger partial charge in [-0.3, -0.25) is 0 Å². The van der Waals surface area contributed by atoms with Gasteiger partial charge in [-0.05, 0) is 30.7 Å². The van der Waals surface area contributed by atoms with Crippen LogP contribution in [0.5, 0.6) is 0 Å². The highest BCUT2D eigenvalue weighted by Gasteiger charge is 2.12. The van der Waals surface area contributed by atoms with Crippen molar-refractivity contribution in [2.45, 2.75) is 31.6 Å². The lowest BCUT2D eigenvalue weighted by atomic mass is 10.1. The minimum atomic E-state index is -3.36. The summed E-state index contributed by atoms with van der Waals surface area (Å²) in [6.45, 7) is 5.98. The normalized spacial score (nSPS) is 11.7. The summed E-state index contributed by atoms with van der Waals surface area (Å²) in [5.41, 5.74) is 1.17. The fourth-order valence-electron chi connectivity index (χ4n) is 1.66. The van der Waals surface area contributed by atoms with Gasteiger partial charge in [-0.25, -0.2) is 13.1 Å². The molecule has 0 saturated carbocycles. The fraction of sp³-hybridized carbons (Fsp3) is 0.538. The zero-order valence-electron chi connectivity index (χ0n) is 11.1. The van der Waals surface area contributed by atoms with Gasteiger partial charge in [0.05, 0.1) is 4.90 Å². The van der Waals surface area contributed by atoms with Crippen molar-refractivity contribution in [2.24, 2.45) is 0 Å². The number of nitrogens with one attached hydrogen (secondary N) is 2. The van der Waals surface area contributed by atoms with E-state index in [2.05, 4.69) is 17.0 Å². The molecule has 5 heteroatoms. The summed E-state index contributed by atoms with van der Waals surface area (Å²) in [7, 11) is -3.36. The Morgan fingerprint density at radius 3 is 2.28 bits per heavy atom. The van der Waals surface area contributed by atoms with Crippen LogP contribution in [-0.2, 0) is 16.4 Å². The van der Waals surface area contributed by atoms with Crippen LogP contribution in [0.2, 0.25) is 0 Å². The van der Waals surface area contributed by atoms with E-state index in [0.717, 1.165) is 19.4 Å². The highest BCUT2D eigenvalue weighted by atomic mass is 32.2. The summed E-state index contributed by atoms with van der Waals surface area (Å²) in [6.07, 6.45) is 2.04. The van der Waals surface area contributed by atoms with Crippen LogP contribution in [0.15, 0.2) is 29.2 Å². The molecule has 0 amide bonds. The number of likely N-dealkylation sites (N-methyl/N-ethyl adjacent to an activating group) is 1. The molecule has 0 bridgehead atoms. The first kappa shape index (κ1) is 15.1. The third kappa shape index (κ3) is 4.76. The quantitative estimate of drug-likeness (QED) is 0.704. The molecule has 0 aliphatic rings. The van der Waals surface area contributed by atoms with Gasteiger partial charge < -0.3 is 5.32 Å². The topological polar surface area (TPSA) is 58.2 Å². The van der Waals surface area contributed by atoms with E-state index >= 15 is 0 Å². The SMILES string of the molecule is CCCc1ccc(S(=O)(=O)NCCNCC)cc1. The zero-order chi connectivity index (χ0) is 13.4. The average molecular weight is 270 g/mol. The molecule has 0 fully saturated rings. The first-order valence-electron chi connectivity index (χ1n) is 6.39. The summed E-state index contributed by atoms with van der Waals surface area (Å²) >= 11 is 0. The Morgan fingerprint density at radius 2 is 1.72 bits per heavy atom. The van der Waals surface area contributed by atoms with E-state index in [-0.39, 0.29) is 0 Å². The van der Waals surface area contributed by atoms with Crippen LogP contribution in [0, 0.1) is 0 Å². The third-order valence-electron chi connectivity index (χ3n) is 2.62. The minimum Gasteiger partial charge on any atom is -0.316 e. The van der Waals surface area contributed by atoms with Crippen LogP contribution in [0.3, 0.4) is 0 Å². The second kappa shape index (κ2) is 7.51. The van der Waals surface area contributed by atoms with E-state index in [1.807, 2.05) is 19.1 Å². The van der Waals surface area contributed by atoms with Crippen LogP contribution in [0.4, 0.5) is 0 Å². The van der Waals surface area contributed by atoms with E-state index in [1.54, 1.807) is 12.1 Å². The van der Waals surface area contributed by atoms with Crippen LogP contribution >= 0.6 is 0 Å². The number of benzene rings is 1. The van der Waals surface area contributed by atoms with E-state index in [1.165, 1.54) is 5.56 Å². The summed E-state index contributed by atoms with van der Waals surface area (Å²) in [5, 5.41) is 3.07. The van der Waals surface area contributed by atoms with Crippen LogP contribution in [0.1, 0.15) is 25.8 Å². The maximum atomic E-state index is 11.9. The third-order valence-corrected chi connectivity index (χ3v) is 4.09. The smallest absolute Gasteiger partial charge is 0.240 e. The monoisotopic (exact) mass is 270 g/mol. The van der Waals surface area contributed by atoms with Crippen molar-refractivity contribution in [3.05, 3.63) is 29.8 Å². The Kier molecular flexibility index (Phi) is 6.32. The molecule has 18 heavy (non-hydrogen) atoms. The van der Waals surface area contributed by atoms with Gasteiger partial charge in [0.25, 0.3) is 0 Å². The summed E-state index contributed by atoms with van der Waals surface area (Å²) in [6, 6.07) is 7.09. The first-order valence-corrected chi connectivity index (χ1v) is 7.87. The molecule has 0 aromatic heterocycles. The summed E-state index contributed by atoms with van der Waals surface area (Å²) in [4.78, 5) is 0.332. The largest absolute Gasteiger partial charge is 0.316 e. The van der Waals surface area contributed by atoms with E-state index < -0.39 is 10.0 Å². The molecule has 2 N–H and O–H groups in total. The molecule has 0 aliphatic heterocycles. The Labute approximate surface area is 110 Å². The van der Waals surface area contributed by atoms with Gasteiger partial charge in [-0.15, -0.1) is 0 Å². The molecule has 0 saturated heterocycles. The summed E-state index contributed by atoms with van der Waals surface area (Å²) in [5.74, 6) is 0. The van der Waals surface area contributed by atoms with Gasteiger partial charge >= 0.3 is 0 Å². The molecule has 102 valence electrons. The number of aryl methyl sites for hydroxylation is 1. The van der Waals surface area contributed by atoms with Gasteiger partial charge in [-0.1, -0.05) is 32.4 Å². The van der Waals surface area contributed by atoms with E-state index in [0.29, 0.717) is 18.0 Å². The standard InChI is InChI=1S/C13H22N2O2S/c1-3-5-12-6-8-13(9-7-12)18(16,17)15-11-10-14-4-2/h6-9,14-15H,3-5,10-11H2,1-2H3. The van der Waals surface area contributed by atoms with Gasteiger partial charge in [0, 0.05) is 13.1 Å². The second-order valence-electron chi connectivity index (χ2n) is 4.15. The molecule has 1 rings (SSSR count). The number of sulfonamides is 1. The van der Waals surface area contributed by atoms with Crippen molar-refractivity contribution in [1.82, 2.24) is 10.0 Å². The van der Waals surface area contributed by atoms with Crippen LogP contribution in [0.25, 0.3) is 0 Å². The molecule has 1 aromatic rings. The molecular weight excluding hydrogens is 248 g/mol. The zero-order valence-corrected chi connectivity index (χ0v) is 11.9. The van der Waals surface area contributed by atoms with Gasteiger partial charge in [0.2, 0.25) is 10.0 Å². The molecule has 0 aliphatic carbocycles. The lowest BCUT2D eigenvalue weighted by Crippen LogP contribution is -2.31. The maximum Gasteiger partial charge on any atom is 0.240 e. The number of hydrogen-bond acceptors (Lipinski definition) is 3. The maximum absolute atomic E-state index is 11.9. The Hall–Kier alpha value is -0.910. The Bertz CT molecular complexity index is 441. The average Bonchev–Trinajstić information content (AvgIpc) is 2.36. The molecule has 0 unspecified atom stereocenters. The van der Waals surface area contributed by atoms with Gasteiger partial charge in [0.1, 0.15) is 0 Å². The van der Waals surface area contributed by atoms with Crippen molar-refractivity contribution < 1.29 is 8.42 Å². The van der Waals surface area contributed by atoms with Crippen LogP contribution < -0.4 is 10.0 Å². The minimum absolute atomic E-state index is 0.332. The van der Waals surface area contributed by atoms with Gasteiger partial charge in [-0.2, -0.15) is 0 Å². The summed E-state index contributed by atoms with van der Waals surface area (Å²) < 4.78 is 26.4. The predicted molar refractivity (Wildman–Crippen MR) is 74.2 cm³/mol. The highest BCUT2D eigenvalue weighted by Crippen LogP contribution is 2.11. The molecule has 0 radical (unpaired) electrons. The Morgan fingerprint density at radius 1 is 1.06 bits per heavy atom. The molecule has 0 spiro atoms. The lowest BCUT2D eigenvalue weighted by Gasteiger charge is -2.07. The first-order chi connectivity index (χ1) is 8.60. The molecule has 0 atom stereocenters. The van der Waals surface area contributed by atoms with Crippen molar-refractivity contribution >= 4 is 10.0 Å². The fourth-order valence-corrected chi connectivity index (χ4v) is 2.69. The van der Waals surface area contributed by atoms with Crippen molar-refractivity contribution in [3.63, 3.8) is 0 Å². The van der Waals surface area contributed by atoms with Crippen LogP contribution in [-0.4, -0.2) is 28.1 Å². The lowest BCUT2D eigenvalue weighted by molar-refractivity contribution is 0.577. The molecule has 4 nitrogen and oxygen atoms in total. The van der Waals surface area contributed by atoms with E-state index in [4.69, 9.17) is 0 Å². The van der Waals surface area contributed by atoms with Crippen molar-refractivity contribution in [2.75, 3.05) is 19.6 Å². The molecule has 1 aromatic carbocycles.